The van der Waals surface area contributed by atoms with Gasteiger partial charge in [0.05, 0.1) is 12.1 Å². The van der Waals surface area contributed by atoms with E-state index in [2.05, 4.69) is 21.3 Å². The number of phenols is 1. The first-order valence-corrected chi connectivity index (χ1v) is 9.49. The molecule has 0 aliphatic carbocycles. The second-order valence-electron chi connectivity index (χ2n) is 6.79. The molecule has 0 radical (unpaired) electrons. The van der Waals surface area contributed by atoms with Crippen LogP contribution < -0.4 is 21.3 Å². The zero-order chi connectivity index (χ0) is 20.6. The van der Waals surface area contributed by atoms with E-state index >= 15 is 0 Å². The lowest BCUT2D eigenvalue weighted by atomic mass is 10.0. The van der Waals surface area contributed by atoms with Crippen LogP contribution in [0.2, 0.25) is 0 Å². The van der Waals surface area contributed by atoms with Gasteiger partial charge in [-0.1, -0.05) is 24.3 Å². The van der Waals surface area contributed by atoms with Crippen molar-refractivity contribution in [2.24, 2.45) is 0 Å². The van der Waals surface area contributed by atoms with Crippen LogP contribution in [0.15, 0.2) is 48.5 Å². The number of rotatable bonds is 2. The Bertz CT molecular complexity index is 883. The van der Waals surface area contributed by atoms with Gasteiger partial charge in [0.1, 0.15) is 11.8 Å². The van der Waals surface area contributed by atoms with E-state index in [9.17, 15) is 19.5 Å². The summed E-state index contributed by atoms with van der Waals surface area (Å²) in [4.78, 5) is 37.4. The topological polar surface area (TPSA) is 120 Å². The fourth-order valence-electron chi connectivity index (χ4n) is 3.06. The average molecular weight is 396 g/mol. The van der Waals surface area contributed by atoms with Crippen LogP contribution >= 0.6 is 0 Å². The predicted molar refractivity (Wildman–Crippen MR) is 109 cm³/mol. The van der Waals surface area contributed by atoms with Crippen molar-refractivity contribution in [3.8, 4) is 5.75 Å². The molecule has 5 N–H and O–H groups in total. The Morgan fingerprint density at radius 2 is 1.62 bits per heavy atom. The summed E-state index contributed by atoms with van der Waals surface area (Å²) in [6.45, 7) is 0.772. The van der Waals surface area contributed by atoms with Crippen LogP contribution in [0.4, 0.5) is 5.69 Å². The molecular formula is C21H24N4O4. The number of phenolic OH excluding ortho intramolecular Hbond substituents is 1. The Morgan fingerprint density at radius 3 is 2.41 bits per heavy atom. The molecule has 8 heteroatoms. The Hall–Kier alpha value is -3.55. The van der Waals surface area contributed by atoms with E-state index in [0.717, 1.165) is 5.56 Å². The third-order valence-corrected chi connectivity index (χ3v) is 4.58. The second-order valence-corrected chi connectivity index (χ2v) is 6.79. The number of benzene rings is 2. The standard InChI is InChI=1S/C21H24N4O4/c26-15-8-6-14(7-9-15)12-18-21(29)23-11-3-10-22-17-5-2-1-4-16(17)20(28)24-13-19(27)25-18/h1-2,4-9,18,22,26H,3,10-13H2,(H,23,29)(H,24,28)(H,25,27)/t18-/m0/s1. The third-order valence-electron chi connectivity index (χ3n) is 4.58. The molecule has 1 aliphatic heterocycles. The smallest absolute Gasteiger partial charge is 0.253 e. The second kappa shape index (κ2) is 9.59. The van der Waals surface area contributed by atoms with Gasteiger partial charge < -0.3 is 26.4 Å². The monoisotopic (exact) mass is 396 g/mol. The molecule has 0 unspecified atom stereocenters. The van der Waals surface area contributed by atoms with Crippen molar-refractivity contribution < 1.29 is 19.5 Å². The van der Waals surface area contributed by atoms with E-state index in [-0.39, 0.29) is 30.5 Å². The van der Waals surface area contributed by atoms with Gasteiger partial charge in [0.15, 0.2) is 0 Å². The maximum atomic E-state index is 12.6. The molecule has 152 valence electrons. The Morgan fingerprint density at radius 1 is 0.897 bits per heavy atom. The number of carbonyl (C=O) groups excluding carboxylic acids is 3. The van der Waals surface area contributed by atoms with Crippen molar-refractivity contribution in [1.82, 2.24) is 16.0 Å². The molecule has 1 aliphatic rings. The Labute approximate surface area is 168 Å². The molecule has 3 rings (SSSR count). The van der Waals surface area contributed by atoms with Crippen LogP contribution in [0.5, 0.6) is 5.75 Å². The first kappa shape index (κ1) is 20.2. The predicted octanol–water partition coefficient (Wildman–Crippen LogP) is 0.781. The highest BCUT2D eigenvalue weighted by molar-refractivity contribution is 6.01. The summed E-state index contributed by atoms with van der Waals surface area (Å²) in [5, 5.41) is 20.7. The Balaban J connectivity index is 1.73. The van der Waals surface area contributed by atoms with Gasteiger partial charge in [0, 0.05) is 25.2 Å². The normalized spacial score (nSPS) is 18.3. The number of hydrogen-bond acceptors (Lipinski definition) is 5. The third kappa shape index (κ3) is 5.71. The fraction of sp³-hybridized carbons (Fsp3) is 0.286. The summed E-state index contributed by atoms with van der Waals surface area (Å²) in [5.41, 5.74) is 1.94. The van der Waals surface area contributed by atoms with Crippen molar-refractivity contribution >= 4 is 23.4 Å². The molecule has 3 amide bonds. The van der Waals surface area contributed by atoms with Gasteiger partial charge in [0.2, 0.25) is 11.8 Å². The lowest BCUT2D eigenvalue weighted by Crippen LogP contribution is -2.51. The van der Waals surface area contributed by atoms with Crippen LogP contribution in [0.25, 0.3) is 0 Å². The number of anilines is 1. The van der Waals surface area contributed by atoms with E-state index in [1.807, 2.05) is 6.07 Å². The maximum Gasteiger partial charge on any atom is 0.253 e. The molecule has 8 nitrogen and oxygen atoms in total. The first-order valence-electron chi connectivity index (χ1n) is 9.49. The molecule has 0 fully saturated rings. The van der Waals surface area contributed by atoms with E-state index in [4.69, 9.17) is 0 Å². The summed E-state index contributed by atoms with van der Waals surface area (Å²) in [6, 6.07) is 12.7. The van der Waals surface area contributed by atoms with Gasteiger partial charge >= 0.3 is 0 Å². The molecule has 0 saturated carbocycles. The molecule has 1 heterocycles. The number of para-hydroxylation sites is 1. The molecule has 1 atom stereocenters. The van der Waals surface area contributed by atoms with Crippen molar-refractivity contribution in [1.29, 1.82) is 0 Å². The van der Waals surface area contributed by atoms with Crippen molar-refractivity contribution in [2.75, 3.05) is 25.0 Å². The zero-order valence-electron chi connectivity index (χ0n) is 15.9. The number of amides is 3. The molecule has 0 spiro atoms. The number of aromatic hydroxyl groups is 1. The highest BCUT2D eigenvalue weighted by atomic mass is 16.3. The summed E-state index contributed by atoms with van der Waals surface area (Å²) >= 11 is 0. The molecule has 29 heavy (non-hydrogen) atoms. The van der Waals surface area contributed by atoms with Crippen LogP contribution in [-0.4, -0.2) is 48.5 Å². The van der Waals surface area contributed by atoms with Gasteiger partial charge in [-0.25, -0.2) is 0 Å². The van der Waals surface area contributed by atoms with Gasteiger partial charge in [0.25, 0.3) is 5.91 Å². The van der Waals surface area contributed by atoms with Gasteiger partial charge in [-0.15, -0.1) is 0 Å². The summed E-state index contributed by atoms with van der Waals surface area (Å²) in [6.07, 6.45) is 0.925. The largest absolute Gasteiger partial charge is 0.508 e. The lowest BCUT2D eigenvalue weighted by molar-refractivity contribution is -0.128. The van der Waals surface area contributed by atoms with Crippen LogP contribution in [0.1, 0.15) is 22.3 Å². The van der Waals surface area contributed by atoms with E-state index in [0.29, 0.717) is 30.8 Å². The minimum absolute atomic E-state index is 0.128. The van der Waals surface area contributed by atoms with Gasteiger partial charge in [-0.05, 0) is 36.2 Å². The summed E-state index contributed by atoms with van der Waals surface area (Å²) < 4.78 is 0. The van der Waals surface area contributed by atoms with E-state index in [1.54, 1.807) is 30.3 Å². The highest BCUT2D eigenvalue weighted by Gasteiger charge is 2.22. The van der Waals surface area contributed by atoms with Gasteiger partial charge in [-0.2, -0.15) is 0 Å². The molecule has 2 aromatic carbocycles. The lowest BCUT2D eigenvalue weighted by Gasteiger charge is -2.20. The molecule has 0 saturated heterocycles. The highest BCUT2D eigenvalue weighted by Crippen LogP contribution is 2.15. The SMILES string of the molecule is O=C1CNC(=O)c2ccccc2NCCCNC(=O)[C@H](Cc2ccc(O)cc2)N1. The average Bonchev–Trinajstić information content (AvgIpc) is 2.72. The fourth-order valence-corrected chi connectivity index (χ4v) is 3.06. The molecule has 2 aromatic rings. The minimum atomic E-state index is -0.785. The number of carbonyl (C=O) groups is 3. The van der Waals surface area contributed by atoms with Crippen LogP contribution in [0.3, 0.4) is 0 Å². The van der Waals surface area contributed by atoms with Crippen molar-refractivity contribution in [3.63, 3.8) is 0 Å². The van der Waals surface area contributed by atoms with E-state index < -0.39 is 11.9 Å². The Kier molecular flexibility index (Phi) is 6.67. The van der Waals surface area contributed by atoms with E-state index in [1.165, 1.54) is 12.1 Å². The molecular weight excluding hydrogens is 372 g/mol. The number of hydrogen-bond donors (Lipinski definition) is 5. The summed E-state index contributed by atoms with van der Waals surface area (Å²) in [5.74, 6) is -0.987. The first-order chi connectivity index (χ1) is 14.0. The van der Waals surface area contributed by atoms with Crippen LogP contribution in [0, 0.1) is 0 Å². The van der Waals surface area contributed by atoms with Crippen molar-refractivity contribution in [3.05, 3.63) is 59.7 Å². The number of nitrogens with one attached hydrogen (secondary N) is 4. The van der Waals surface area contributed by atoms with Gasteiger partial charge in [-0.3, -0.25) is 14.4 Å². The minimum Gasteiger partial charge on any atom is -0.508 e. The maximum absolute atomic E-state index is 12.6. The summed E-state index contributed by atoms with van der Waals surface area (Å²) in [7, 11) is 0. The zero-order valence-corrected chi connectivity index (χ0v) is 15.9. The molecule has 0 aromatic heterocycles. The van der Waals surface area contributed by atoms with Crippen molar-refractivity contribution in [2.45, 2.75) is 18.9 Å². The molecule has 0 bridgehead atoms. The quantitative estimate of drug-likeness (QED) is 0.514. The number of fused-ring (bicyclic) bond motifs is 1. The van der Waals surface area contributed by atoms with Crippen LogP contribution in [-0.2, 0) is 16.0 Å².